The molecule has 0 atom stereocenters. The van der Waals surface area contributed by atoms with Crippen LogP contribution in [-0.2, 0) is 0 Å². The molecule has 0 amide bonds. The van der Waals surface area contributed by atoms with Gasteiger partial charge in [-0.1, -0.05) is 6.92 Å². The Morgan fingerprint density at radius 3 is 2.50 bits per heavy atom. The molecule has 0 aromatic rings. The van der Waals surface area contributed by atoms with E-state index in [9.17, 15) is 0 Å². The third kappa shape index (κ3) is 1.02. The van der Waals surface area contributed by atoms with Crippen molar-refractivity contribution >= 4 is 5.84 Å². The molecule has 2 nitrogen and oxygen atoms in total. The highest BCUT2D eigenvalue weighted by Crippen LogP contribution is 2.45. The summed E-state index contributed by atoms with van der Waals surface area (Å²) in [5, 5.41) is 0. The van der Waals surface area contributed by atoms with Crippen molar-refractivity contribution in [3.05, 3.63) is 0 Å². The van der Waals surface area contributed by atoms with Crippen LogP contribution in [0, 0.1) is 5.41 Å². The molecule has 0 heterocycles. The Morgan fingerprint density at radius 2 is 2.10 bits per heavy atom. The van der Waals surface area contributed by atoms with Crippen molar-refractivity contribution in [1.29, 1.82) is 0 Å². The van der Waals surface area contributed by atoms with Gasteiger partial charge in [0, 0.05) is 5.41 Å². The second kappa shape index (κ2) is 1.74. The first-order valence-electron chi connectivity index (χ1n) is 4.04. The van der Waals surface area contributed by atoms with Gasteiger partial charge in [0.25, 0.3) is 0 Å². The maximum absolute atomic E-state index is 5.80. The van der Waals surface area contributed by atoms with Crippen LogP contribution in [0.15, 0.2) is 4.99 Å². The fourth-order valence-electron chi connectivity index (χ4n) is 1.000. The summed E-state index contributed by atoms with van der Waals surface area (Å²) >= 11 is 0. The second-order valence-electron chi connectivity index (χ2n) is 3.81. The summed E-state index contributed by atoms with van der Waals surface area (Å²) in [4.78, 5) is 4.42. The van der Waals surface area contributed by atoms with Gasteiger partial charge in [0.05, 0.1) is 11.9 Å². The van der Waals surface area contributed by atoms with E-state index in [1.807, 2.05) is 0 Å². The van der Waals surface area contributed by atoms with Crippen LogP contribution in [0.1, 0.15) is 32.6 Å². The van der Waals surface area contributed by atoms with Gasteiger partial charge in [-0.25, -0.2) is 0 Å². The van der Waals surface area contributed by atoms with Crippen LogP contribution in [0.3, 0.4) is 0 Å². The van der Waals surface area contributed by atoms with Crippen LogP contribution in [-0.4, -0.2) is 11.9 Å². The molecular weight excluding hydrogens is 124 g/mol. The second-order valence-corrected chi connectivity index (χ2v) is 3.81. The lowest BCUT2D eigenvalue weighted by Crippen LogP contribution is -2.22. The first kappa shape index (κ1) is 6.20. The number of amidine groups is 1. The lowest BCUT2D eigenvalue weighted by Gasteiger charge is -2.05. The van der Waals surface area contributed by atoms with Gasteiger partial charge in [0.2, 0.25) is 0 Å². The zero-order valence-electron chi connectivity index (χ0n) is 6.43. The minimum absolute atomic E-state index is 0.308. The fraction of sp³-hybridized carbons (Fsp3) is 0.875. The van der Waals surface area contributed by atoms with Gasteiger partial charge < -0.3 is 5.73 Å². The molecule has 0 bridgehead atoms. The largest absolute Gasteiger partial charge is 0.387 e. The Morgan fingerprint density at radius 1 is 1.50 bits per heavy atom. The molecule has 2 aliphatic carbocycles. The minimum Gasteiger partial charge on any atom is -0.387 e. The van der Waals surface area contributed by atoms with Crippen molar-refractivity contribution in [3.63, 3.8) is 0 Å². The molecule has 0 aromatic heterocycles. The summed E-state index contributed by atoms with van der Waals surface area (Å²) < 4.78 is 0. The van der Waals surface area contributed by atoms with Crippen LogP contribution in [0.4, 0.5) is 0 Å². The Kier molecular flexibility index (Phi) is 1.08. The van der Waals surface area contributed by atoms with Crippen LogP contribution in [0.25, 0.3) is 0 Å². The monoisotopic (exact) mass is 138 g/mol. The van der Waals surface area contributed by atoms with Gasteiger partial charge >= 0.3 is 0 Å². The maximum Gasteiger partial charge on any atom is 0.1000 e. The van der Waals surface area contributed by atoms with Gasteiger partial charge in [0.1, 0.15) is 0 Å². The van der Waals surface area contributed by atoms with E-state index in [-0.39, 0.29) is 0 Å². The van der Waals surface area contributed by atoms with Crippen molar-refractivity contribution < 1.29 is 0 Å². The van der Waals surface area contributed by atoms with E-state index in [0.29, 0.717) is 11.5 Å². The van der Waals surface area contributed by atoms with Gasteiger partial charge in [-0.2, -0.15) is 0 Å². The average molecular weight is 138 g/mol. The molecule has 0 aliphatic heterocycles. The third-order valence-electron chi connectivity index (χ3n) is 2.49. The standard InChI is InChI=1S/C8H14N2/c1-8(4-5-8)7(9)10-6-2-3-6/h6H,2-5H2,1H3,(H2,9,10). The first-order valence-corrected chi connectivity index (χ1v) is 4.04. The Labute approximate surface area is 61.5 Å². The number of rotatable bonds is 2. The first-order chi connectivity index (χ1) is 4.71. The molecule has 2 rings (SSSR count). The molecule has 2 fully saturated rings. The maximum atomic E-state index is 5.80. The van der Waals surface area contributed by atoms with Gasteiger partial charge in [-0.15, -0.1) is 0 Å². The molecule has 2 saturated carbocycles. The number of hydrogen-bond donors (Lipinski definition) is 1. The van der Waals surface area contributed by atoms with Gasteiger partial charge in [-0.3, -0.25) is 4.99 Å². The van der Waals surface area contributed by atoms with E-state index in [4.69, 9.17) is 5.73 Å². The highest BCUT2D eigenvalue weighted by molar-refractivity contribution is 5.88. The van der Waals surface area contributed by atoms with Crippen LogP contribution in [0.2, 0.25) is 0 Å². The van der Waals surface area contributed by atoms with Crippen molar-refractivity contribution in [1.82, 2.24) is 0 Å². The van der Waals surface area contributed by atoms with Crippen molar-refractivity contribution in [3.8, 4) is 0 Å². The van der Waals surface area contributed by atoms with Gasteiger partial charge in [-0.05, 0) is 25.7 Å². The van der Waals surface area contributed by atoms with E-state index in [1.54, 1.807) is 0 Å². The van der Waals surface area contributed by atoms with Gasteiger partial charge in [0.15, 0.2) is 0 Å². The Balaban J connectivity index is 2.01. The zero-order chi connectivity index (χ0) is 7.19. The van der Waals surface area contributed by atoms with E-state index in [0.717, 1.165) is 5.84 Å². The molecule has 56 valence electrons. The SMILES string of the molecule is CC1(C(N)=NC2CC2)CC1. The molecule has 2 N–H and O–H groups in total. The molecule has 0 aromatic carbocycles. The fourth-order valence-corrected chi connectivity index (χ4v) is 1.000. The normalized spacial score (nSPS) is 30.3. The summed E-state index contributed by atoms with van der Waals surface area (Å²) in [6.45, 7) is 2.20. The van der Waals surface area contributed by atoms with Crippen LogP contribution < -0.4 is 5.73 Å². The molecule has 0 saturated heterocycles. The van der Waals surface area contributed by atoms with Crippen molar-refractivity contribution in [2.45, 2.75) is 38.6 Å². The van der Waals surface area contributed by atoms with Crippen molar-refractivity contribution in [2.24, 2.45) is 16.1 Å². The molecule has 0 unspecified atom stereocenters. The summed E-state index contributed by atoms with van der Waals surface area (Å²) in [5.74, 6) is 0.912. The van der Waals surface area contributed by atoms with E-state index >= 15 is 0 Å². The van der Waals surface area contributed by atoms with Crippen LogP contribution in [0.5, 0.6) is 0 Å². The molecule has 2 aliphatic rings. The molecule has 0 spiro atoms. The Bertz CT molecular complexity index is 176. The highest BCUT2D eigenvalue weighted by Gasteiger charge is 2.42. The lowest BCUT2D eigenvalue weighted by atomic mass is 10.1. The Hall–Kier alpha value is -0.530. The quantitative estimate of drug-likeness (QED) is 0.453. The van der Waals surface area contributed by atoms with Crippen LogP contribution >= 0.6 is 0 Å². The highest BCUT2D eigenvalue weighted by atomic mass is 14.9. The predicted molar refractivity (Wildman–Crippen MR) is 42.0 cm³/mol. The topological polar surface area (TPSA) is 38.4 Å². The third-order valence-corrected chi connectivity index (χ3v) is 2.49. The van der Waals surface area contributed by atoms with E-state index < -0.39 is 0 Å². The molecule has 2 heteroatoms. The molecular formula is C8H14N2. The number of aliphatic imine (C=N–C) groups is 1. The summed E-state index contributed by atoms with van der Waals surface area (Å²) in [5.41, 5.74) is 6.11. The van der Waals surface area contributed by atoms with E-state index in [1.165, 1.54) is 25.7 Å². The summed E-state index contributed by atoms with van der Waals surface area (Å²) in [6, 6.07) is 0.595. The smallest absolute Gasteiger partial charge is 0.1000 e. The zero-order valence-corrected chi connectivity index (χ0v) is 6.43. The molecule has 0 radical (unpaired) electrons. The van der Waals surface area contributed by atoms with Crippen molar-refractivity contribution in [2.75, 3.05) is 0 Å². The number of nitrogens with two attached hydrogens (primary N) is 1. The van der Waals surface area contributed by atoms with E-state index in [2.05, 4.69) is 11.9 Å². The average Bonchev–Trinajstić information content (AvgIpc) is 2.67. The number of hydrogen-bond acceptors (Lipinski definition) is 1. The lowest BCUT2D eigenvalue weighted by molar-refractivity contribution is 0.780. The summed E-state index contributed by atoms with van der Waals surface area (Å²) in [6.07, 6.45) is 5.01. The molecule has 10 heavy (non-hydrogen) atoms. The minimum atomic E-state index is 0.308. The predicted octanol–water partition coefficient (Wildman–Crippen LogP) is 1.31. The summed E-state index contributed by atoms with van der Waals surface area (Å²) in [7, 11) is 0. The number of nitrogens with zero attached hydrogens (tertiary/aromatic N) is 1.